The van der Waals surface area contributed by atoms with Gasteiger partial charge in [0.2, 0.25) is 0 Å². The lowest BCUT2D eigenvalue weighted by molar-refractivity contribution is 0.419. The summed E-state index contributed by atoms with van der Waals surface area (Å²) in [4.78, 5) is 12.3. The molecule has 20 heavy (non-hydrogen) atoms. The smallest absolute Gasteiger partial charge is 0.197 e. The van der Waals surface area contributed by atoms with E-state index in [1.54, 1.807) is 30.3 Å². The second kappa shape index (κ2) is 5.02. The highest BCUT2D eigenvalue weighted by Gasteiger charge is 2.10. The lowest BCUT2D eigenvalue weighted by Crippen LogP contribution is -2.02. The molecule has 100 valence electrons. The maximum Gasteiger partial charge on any atom is 0.197 e. The average Bonchev–Trinajstić information content (AvgIpc) is 2.47. The Kier molecular flexibility index (Phi) is 3.20. The van der Waals surface area contributed by atoms with Crippen LogP contribution in [0.5, 0.6) is 5.75 Å². The monoisotopic (exact) mass is 286 g/mol. The minimum atomic E-state index is -0.131. The van der Waals surface area contributed by atoms with Crippen molar-refractivity contribution in [3.05, 3.63) is 63.8 Å². The summed E-state index contributed by atoms with van der Waals surface area (Å²) in [5, 5.41) is 1.09. The zero-order valence-corrected chi connectivity index (χ0v) is 11.5. The quantitative estimate of drug-likeness (QED) is 0.711. The fourth-order valence-corrected chi connectivity index (χ4v) is 2.23. The number of fused-ring (bicyclic) bond motifs is 1. The molecule has 0 aliphatic rings. The fraction of sp³-hybridized carbons (Fsp3) is 0.0625. The van der Waals surface area contributed by atoms with Crippen LogP contribution in [0.3, 0.4) is 0 Å². The van der Waals surface area contributed by atoms with Crippen LogP contribution < -0.4 is 10.2 Å². The first-order chi connectivity index (χ1) is 9.69. The van der Waals surface area contributed by atoms with E-state index in [4.69, 9.17) is 20.8 Å². The highest BCUT2D eigenvalue weighted by Crippen LogP contribution is 2.27. The van der Waals surface area contributed by atoms with Crippen molar-refractivity contribution in [1.29, 1.82) is 0 Å². The second-order valence-corrected chi connectivity index (χ2v) is 4.75. The third-order valence-corrected chi connectivity index (χ3v) is 3.32. The van der Waals surface area contributed by atoms with Gasteiger partial charge >= 0.3 is 0 Å². The van der Waals surface area contributed by atoms with E-state index in [2.05, 4.69) is 0 Å². The molecular formula is C16H11ClO3. The van der Waals surface area contributed by atoms with Crippen LogP contribution in [0.1, 0.15) is 0 Å². The van der Waals surface area contributed by atoms with Gasteiger partial charge in [0.15, 0.2) is 5.43 Å². The molecule has 0 radical (unpaired) electrons. The normalized spacial score (nSPS) is 10.7. The summed E-state index contributed by atoms with van der Waals surface area (Å²) in [6.07, 6.45) is 0. The summed E-state index contributed by atoms with van der Waals surface area (Å²) in [5.74, 6) is 1.02. The Labute approximate surface area is 120 Å². The Bertz CT molecular complexity index is 819. The van der Waals surface area contributed by atoms with Crippen molar-refractivity contribution >= 4 is 22.6 Å². The maximum atomic E-state index is 12.3. The van der Waals surface area contributed by atoms with Gasteiger partial charge in [-0.3, -0.25) is 4.79 Å². The summed E-state index contributed by atoms with van der Waals surface area (Å²) in [6, 6.07) is 13.9. The number of methoxy groups -OCH3 is 1. The van der Waals surface area contributed by atoms with E-state index < -0.39 is 0 Å². The third kappa shape index (κ3) is 2.17. The Morgan fingerprint density at radius 2 is 1.85 bits per heavy atom. The van der Waals surface area contributed by atoms with Gasteiger partial charge in [-0.25, -0.2) is 0 Å². The molecule has 0 saturated heterocycles. The number of benzene rings is 2. The molecule has 3 nitrogen and oxygen atoms in total. The molecule has 0 spiro atoms. The lowest BCUT2D eigenvalue weighted by Gasteiger charge is -2.06. The molecule has 0 bridgehead atoms. The summed E-state index contributed by atoms with van der Waals surface area (Å²) in [5.41, 5.74) is 1.17. The van der Waals surface area contributed by atoms with E-state index in [-0.39, 0.29) is 5.43 Å². The molecule has 1 heterocycles. The first kappa shape index (κ1) is 12.8. The highest BCUT2D eigenvalue weighted by molar-refractivity contribution is 6.30. The van der Waals surface area contributed by atoms with Crippen LogP contribution in [0.15, 0.2) is 57.7 Å². The summed E-state index contributed by atoms with van der Waals surface area (Å²) >= 11 is 5.86. The minimum absolute atomic E-state index is 0.131. The van der Waals surface area contributed by atoms with Crippen molar-refractivity contribution in [3.8, 4) is 17.1 Å². The van der Waals surface area contributed by atoms with Crippen molar-refractivity contribution in [2.45, 2.75) is 0 Å². The fourth-order valence-electron chi connectivity index (χ4n) is 2.10. The molecule has 3 aromatic rings. The van der Waals surface area contributed by atoms with Crippen LogP contribution in [-0.4, -0.2) is 7.11 Å². The molecule has 0 amide bonds. The largest absolute Gasteiger partial charge is 0.496 e. The van der Waals surface area contributed by atoms with Gasteiger partial charge in [-0.15, -0.1) is 0 Å². The molecule has 0 aliphatic heterocycles. The zero-order valence-electron chi connectivity index (χ0n) is 10.7. The average molecular weight is 287 g/mol. The van der Waals surface area contributed by atoms with Gasteiger partial charge < -0.3 is 9.15 Å². The molecule has 0 aliphatic carbocycles. The SMILES string of the molecule is COc1cccc2oc(-c3ccc(Cl)cc3)cc(=O)c12. The summed E-state index contributed by atoms with van der Waals surface area (Å²) in [7, 11) is 1.53. The van der Waals surface area contributed by atoms with Gasteiger partial charge in [0.05, 0.1) is 7.11 Å². The molecule has 0 atom stereocenters. The van der Waals surface area contributed by atoms with Crippen molar-refractivity contribution in [3.63, 3.8) is 0 Å². The molecular weight excluding hydrogens is 276 g/mol. The number of hydrogen-bond donors (Lipinski definition) is 0. The first-order valence-corrected chi connectivity index (χ1v) is 6.43. The summed E-state index contributed by atoms with van der Waals surface area (Å²) in [6.45, 7) is 0. The van der Waals surface area contributed by atoms with E-state index in [0.29, 0.717) is 27.5 Å². The molecule has 3 rings (SSSR count). The molecule has 2 aromatic carbocycles. The van der Waals surface area contributed by atoms with Gasteiger partial charge in [0.1, 0.15) is 22.5 Å². The van der Waals surface area contributed by atoms with E-state index in [9.17, 15) is 4.79 Å². The lowest BCUT2D eigenvalue weighted by atomic mass is 10.1. The van der Waals surface area contributed by atoms with Crippen LogP contribution in [0.25, 0.3) is 22.3 Å². The van der Waals surface area contributed by atoms with Crippen LogP contribution in [0.4, 0.5) is 0 Å². The van der Waals surface area contributed by atoms with Gasteiger partial charge in [0.25, 0.3) is 0 Å². The Morgan fingerprint density at radius 1 is 1.10 bits per heavy atom. The second-order valence-electron chi connectivity index (χ2n) is 4.32. The Hall–Kier alpha value is -2.26. The number of hydrogen-bond acceptors (Lipinski definition) is 3. The van der Waals surface area contributed by atoms with Crippen molar-refractivity contribution in [1.82, 2.24) is 0 Å². The summed E-state index contributed by atoms with van der Waals surface area (Å²) < 4.78 is 11.0. The molecule has 0 unspecified atom stereocenters. The van der Waals surface area contributed by atoms with Crippen molar-refractivity contribution in [2.75, 3.05) is 7.11 Å². The third-order valence-electron chi connectivity index (χ3n) is 3.07. The van der Waals surface area contributed by atoms with Gasteiger partial charge in [-0.2, -0.15) is 0 Å². The molecule has 1 aromatic heterocycles. The Morgan fingerprint density at radius 3 is 2.55 bits per heavy atom. The number of halogens is 1. The zero-order chi connectivity index (χ0) is 14.1. The van der Waals surface area contributed by atoms with Crippen molar-refractivity contribution < 1.29 is 9.15 Å². The van der Waals surface area contributed by atoms with E-state index >= 15 is 0 Å². The van der Waals surface area contributed by atoms with Crippen LogP contribution in [0, 0.1) is 0 Å². The molecule has 0 fully saturated rings. The van der Waals surface area contributed by atoms with Crippen molar-refractivity contribution in [2.24, 2.45) is 0 Å². The van der Waals surface area contributed by atoms with E-state index in [0.717, 1.165) is 5.56 Å². The first-order valence-electron chi connectivity index (χ1n) is 6.06. The maximum absolute atomic E-state index is 12.3. The van der Waals surface area contributed by atoms with Crippen LogP contribution in [-0.2, 0) is 0 Å². The standard InChI is InChI=1S/C16H11ClO3/c1-19-13-3-2-4-14-16(13)12(18)9-15(20-14)10-5-7-11(17)8-6-10/h2-9H,1H3. The highest BCUT2D eigenvalue weighted by atomic mass is 35.5. The van der Waals surface area contributed by atoms with Crippen LogP contribution >= 0.6 is 11.6 Å². The van der Waals surface area contributed by atoms with Gasteiger partial charge in [0, 0.05) is 16.7 Å². The van der Waals surface area contributed by atoms with Gasteiger partial charge in [-0.1, -0.05) is 17.7 Å². The minimum Gasteiger partial charge on any atom is -0.496 e. The predicted molar refractivity (Wildman–Crippen MR) is 79.5 cm³/mol. The molecule has 0 N–H and O–H groups in total. The van der Waals surface area contributed by atoms with E-state index in [1.165, 1.54) is 13.2 Å². The Balaban J connectivity index is 2.25. The van der Waals surface area contributed by atoms with Crippen LogP contribution in [0.2, 0.25) is 5.02 Å². The van der Waals surface area contributed by atoms with Gasteiger partial charge in [-0.05, 0) is 36.4 Å². The molecule has 0 saturated carbocycles. The topological polar surface area (TPSA) is 39.4 Å². The molecule has 4 heteroatoms. The van der Waals surface area contributed by atoms with E-state index in [1.807, 2.05) is 12.1 Å². The number of rotatable bonds is 2. The number of ether oxygens (including phenoxy) is 1. The predicted octanol–water partition coefficient (Wildman–Crippen LogP) is 4.12.